The van der Waals surface area contributed by atoms with Gasteiger partial charge < -0.3 is 25.6 Å². The first-order chi connectivity index (χ1) is 13.1. The molecule has 2 aliphatic heterocycles. The molecule has 156 valence electrons. The lowest BCUT2D eigenvalue weighted by atomic mass is 9.78. The molecule has 1 aromatic carbocycles. The highest BCUT2D eigenvalue weighted by molar-refractivity contribution is 5.89. The van der Waals surface area contributed by atoms with E-state index in [1.165, 1.54) is 0 Å². The SMILES string of the molecule is COCC1(C(=O)N2CCC(NC(=O)Nc3ccccc3)CC2)CCNCC1.Cl. The van der Waals surface area contributed by atoms with E-state index in [0.29, 0.717) is 19.7 Å². The maximum atomic E-state index is 13.2. The molecule has 3 amide bonds. The van der Waals surface area contributed by atoms with Gasteiger partial charge in [0.1, 0.15) is 0 Å². The van der Waals surface area contributed by atoms with Crippen molar-refractivity contribution >= 4 is 30.0 Å². The molecule has 8 heteroatoms. The van der Waals surface area contributed by atoms with Crippen LogP contribution in [0.25, 0.3) is 0 Å². The summed E-state index contributed by atoms with van der Waals surface area (Å²) in [7, 11) is 1.67. The van der Waals surface area contributed by atoms with E-state index in [1.54, 1.807) is 7.11 Å². The van der Waals surface area contributed by atoms with Crippen molar-refractivity contribution in [2.24, 2.45) is 5.41 Å². The number of halogens is 1. The third kappa shape index (κ3) is 5.59. The van der Waals surface area contributed by atoms with Crippen LogP contribution in [-0.2, 0) is 9.53 Å². The molecule has 0 aromatic heterocycles. The van der Waals surface area contributed by atoms with E-state index in [4.69, 9.17) is 4.74 Å². The summed E-state index contributed by atoms with van der Waals surface area (Å²) in [5.74, 6) is 0.207. The Balaban J connectivity index is 0.00000280. The summed E-state index contributed by atoms with van der Waals surface area (Å²) >= 11 is 0. The molecule has 0 bridgehead atoms. The van der Waals surface area contributed by atoms with Crippen molar-refractivity contribution in [3.63, 3.8) is 0 Å². The van der Waals surface area contributed by atoms with E-state index < -0.39 is 5.41 Å². The van der Waals surface area contributed by atoms with Crippen LogP contribution in [0.3, 0.4) is 0 Å². The molecule has 0 saturated carbocycles. The van der Waals surface area contributed by atoms with Crippen molar-refractivity contribution in [2.45, 2.75) is 31.7 Å². The zero-order valence-electron chi connectivity index (χ0n) is 16.4. The molecule has 7 nitrogen and oxygen atoms in total. The summed E-state index contributed by atoms with van der Waals surface area (Å²) in [4.78, 5) is 27.3. The first-order valence-electron chi connectivity index (χ1n) is 9.74. The first-order valence-corrected chi connectivity index (χ1v) is 9.74. The molecule has 2 saturated heterocycles. The Morgan fingerprint density at radius 2 is 1.82 bits per heavy atom. The number of nitrogens with zero attached hydrogens (tertiary/aromatic N) is 1. The lowest BCUT2D eigenvalue weighted by Crippen LogP contribution is -2.55. The molecule has 3 rings (SSSR count). The van der Waals surface area contributed by atoms with Gasteiger partial charge >= 0.3 is 6.03 Å². The molecule has 0 radical (unpaired) electrons. The van der Waals surface area contributed by atoms with E-state index in [0.717, 1.165) is 44.5 Å². The Hall–Kier alpha value is -1.83. The number of piperidine rings is 2. The van der Waals surface area contributed by atoms with E-state index in [9.17, 15) is 9.59 Å². The normalized spacial score (nSPS) is 19.4. The van der Waals surface area contributed by atoms with Gasteiger partial charge in [0.25, 0.3) is 0 Å². The zero-order valence-corrected chi connectivity index (χ0v) is 17.2. The highest BCUT2D eigenvalue weighted by Gasteiger charge is 2.42. The van der Waals surface area contributed by atoms with Crippen molar-refractivity contribution in [3.05, 3.63) is 30.3 Å². The van der Waals surface area contributed by atoms with Crippen molar-refractivity contribution in [3.8, 4) is 0 Å². The highest BCUT2D eigenvalue weighted by atomic mass is 35.5. The van der Waals surface area contributed by atoms with Crippen LogP contribution in [0.2, 0.25) is 0 Å². The summed E-state index contributed by atoms with van der Waals surface area (Å²) < 4.78 is 5.39. The summed E-state index contributed by atoms with van der Waals surface area (Å²) in [6.07, 6.45) is 3.18. The molecule has 0 aliphatic carbocycles. The molecule has 1 aromatic rings. The summed E-state index contributed by atoms with van der Waals surface area (Å²) in [5.41, 5.74) is 0.375. The van der Waals surface area contributed by atoms with E-state index >= 15 is 0 Å². The van der Waals surface area contributed by atoms with Gasteiger partial charge in [-0.3, -0.25) is 4.79 Å². The monoisotopic (exact) mass is 410 g/mol. The quantitative estimate of drug-likeness (QED) is 0.695. The maximum Gasteiger partial charge on any atom is 0.319 e. The number of methoxy groups -OCH3 is 1. The standard InChI is InChI=1S/C20H30N4O3.ClH/c1-27-15-20(9-11-21-12-10-20)18(25)24-13-7-17(8-14-24)23-19(26)22-16-5-3-2-4-6-16;/h2-6,17,21H,7-15H2,1H3,(H2,22,23,26);1H. The second-order valence-corrected chi connectivity index (χ2v) is 7.49. The number of amides is 3. The van der Waals surface area contributed by atoms with Gasteiger partial charge in [-0.15, -0.1) is 12.4 Å². The molecule has 0 atom stereocenters. The van der Waals surface area contributed by atoms with Crippen LogP contribution < -0.4 is 16.0 Å². The summed E-state index contributed by atoms with van der Waals surface area (Å²) in [6.45, 7) is 3.53. The number of para-hydroxylation sites is 1. The summed E-state index contributed by atoms with van der Waals surface area (Å²) in [6, 6.07) is 9.29. The lowest BCUT2D eigenvalue weighted by Gasteiger charge is -2.42. The Labute approximate surface area is 173 Å². The molecule has 2 fully saturated rings. The molecular formula is C20H31ClN4O3. The second-order valence-electron chi connectivity index (χ2n) is 7.49. The largest absolute Gasteiger partial charge is 0.384 e. The van der Waals surface area contributed by atoms with Crippen molar-refractivity contribution < 1.29 is 14.3 Å². The fraction of sp³-hybridized carbons (Fsp3) is 0.600. The summed E-state index contributed by atoms with van der Waals surface area (Å²) in [5, 5.41) is 9.19. The third-order valence-electron chi connectivity index (χ3n) is 5.58. The third-order valence-corrected chi connectivity index (χ3v) is 5.58. The topological polar surface area (TPSA) is 82.7 Å². The van der Waals surface area contributed by atoms with Crippen LogP contribution in [0.15, 0.2) is 30.3 Å². The predicted molar refractivity (Wildman–Crippen MR) is 112 cm³/mol. The van der Waals surface area contributed by atoms with Crippen LogP contribution in [-0.4, -0.2) is 62.8 Å². The minimum Gasteiger partial charge on any atom is -0.384 e. The minimum absolute atomic E-state index is 0. The average molecular weight is 411 g/mol. The van der Waals surface area contributed by atoms with Gasteiger partial charge in [0.05, 0.1) is 12.0 Å². The van der Waals surface area contributed by atoms with Gasteiger partial charge in [-0.2, -0.15) is 0 Å². The van der Waals surface area contributed by atoms with E-state index in [-0.39, 0.29) is 30.4 Å². The molecular weight excluding hydrogens is 380 g/mol. The molecule has 2 aliphatic rings. The fourth-order valence-corrected chi connectivity index (χ4v) is 4.04. The molecule has 28 heavy (non-hydrogen) atoms. The van der Waals surface area contributed by atoms with Crippen LogP contribution in [0.4, 0.5) is 10.5 Å². The first kappa shape index (κ1) is 22.5. The Morgan fingerprint density at radius 1 is 1.18 bits per heavy atom. The highest BCUT2D eigenvalue weighted by Crippen LogP contribution is 2.32. The number of anilines is 1. The van der Waals surface area contributed by atoms with Crippen LogP contribution in [0.1, 0.15) is 25.7 Å². The predicted octanol–water partition coefficient (Wildman–Crippen LogP) is 2.24. The number of likely N-dealkylation sites (tertiary alicyclic amines) is 1. The van der Waals surface area contributed by atoms with Crippen molar-refractivity contribution in [1.82, 2.24) is 15.5 Å². The van der Waals surface area contributed by atoms with E-state index in [2.05, 4.69) is 16.0 Å². The second kappa shape index (κ2) is 10.6. The smallest absolute Gasteiger partial charge is 0.319 e. The van der Waals surface area contributed by atoms with Crippen molar-refractivity contribution in [2.75, 3.05) is 45.2 Å². The minimum atomic E-state index is -0.398. The molecule has 0 spiro atoms. The zero-order chi connectivity index (χ0) is 19.1. The molecule has 2 heterocycles. The van der Waals surface area contributed by atoms with Gasteiger partial charge in [-0.25, -0.2) is 4.79 Å². The fourth-order valence-electron chi connectivity index (χ4n) is 4.04. The van der Waals surface area contributed by atoms with Gasteiger partial charge in [0, 0.05) is 31.9 Å². The number of nitrogens with one attached hydrogen (secondary N) is 3. The number of carbonyl (C=O) groups excluding carboxylic acids is 2. The van der Waals surface area contributed by atoms with Gasteiger partial charge in [-0.05, 0) is 50.9 Å². The maximum absolute atomic E-state index is 13.2. The number of ether oxygens (including phenoxy) is 1. The Bertz CT molecular complexity index is 624. The van der Waals surface area contributed by atoms with Crippen molar-refractivity contribution in [1.29, 1.82) is 0 Å². The van der Waals surface area contributed by atoms with Crippen LogP contribution in [0, 0.1) is 5.41 Å². The lowest BCUT2D eigenvalue weighted by molar-refractivity contribution is -0.148. The van der Waals surface area contributed by atoms with Gasteiger partial charge in [-0.1, -0.05) is 18.2 Å². The number of urea groups is 1. The number of hydrogen-bond acceptors (Lipinski definition) is 4. The number of carbonyl (C=O) groups is 2. The Kier molecular flexibility index (Phi) is 8.54. The average Bonchev–Trinajstić information content (AvgIpc) is 2.70. The number of benzene rings is 1. The molecule has 3 N–H and O–H groups in total. The Morgan fingerprint density at radius 3 is 2.43 bits per heavy atom. The molecule has 0 unspecified atom stereocenters. The van der Waals surface area contributed by atoms with E-state index in [1.807, 2.05) is 35.2 Å². The van der Waals surface area contributed by atoms with Gasteiger partial charge in [0.2, 0.25) is 5.91 Å². The van der Waals surface area contributed by atoms with Crippen LogP contribution >= 0.6 is 12.4 Å². The number of hydrogen-bond donors (Lipinski definition) is 3. The number of rotatable bonds is 5. The van der Waals surface area contributed by atoms with Gasteiger partial charge in [0.15, 0.2) is 0 Å². The van der Waals surface area contributed by atoms with Crippen LogP contribution in [0.5, 0.6) is 0 Å².